The van der Waals surface area contributed by atoms with Crippen LogP contribution in [0.2, 0.25) is 0 Å². The van der Waals surface area contributed by atoms with Gasteiger partial charge in [0.25, 0.3) is 0 Å². The first-order valence-electron chi connectivity index (χ1n) is 9.65. The van der Waals surface area contributed by atoms with E-state index in [4.69, 9.17) is 10.7 Å². The Morgan fingerprint density at radius 2 is 2.10 bits per heavy atom. The number of fused-ring (bicyclic) bond motifs is 1. The van der Waals surface area contributed by atoms with Crippen molar-refractivity contribution in [1.82, 2.24) is 29.0 Å². The van der Waals surface area contributed by atoms with Crippen molar-refractivity contribution < 1.29 is 5.11 Å². The number of aliphatic hydroxyl groups is 1. The molecule has 4 heterocycles. The van der Waals surface area contributed by atoms with Gasteiger partial charge in [0.05, 0.1) is 33.7 Å². The topological polar surface area (TPSA) is 110 Å². The third-order valence-corrected chi connectivity index (χ3v) is 6.06. The molecule has 0 fully saturated rings. The van der Waals surface area contributed by atoms with Crippen molar-refractivity contribution in [2.24, 2.45) is 12.8 Å². The second-order valence-corrected chi connectivity index (χ2v) is 8.56. The molecule has 4 aromatic heterocycles. The lowest BCUT2D eigenvalue weighted by Gasteiger charge is -2.17. The highest BCUT2D eigenvalue weighted by Crippen LogP contribution is 2.35. The molecule has 1 atom stereocenters. The zero-order chi connectivity index (χ0) is 21.4. The van der Waals surface area contributed by atoms with Crippen molar-refractivity contribution in [1.29, 1.82) is 0 Å². The summed E-state index contributed by atoms with van der Waals surface area (Å²) >= 11 is 1.51. The third-order valence-electron chi connectivity index (χ3n) is 4.86. The van der Waals surface area contributed by atoms with Crippen molar-refractivity contribution in [2.75, 3.05) is 26.0 Å². The van der Waals surface area contributed by atoms with Gasteiger partial charge in [0, 0.05) is 31.4 Å². The average Bonchev–Trinajstić information content (AvgIpc) is 3.40. The lowest BCUT2D eigenvalue weighted by Crippen LogP contribution is -2.18. The van der Waals surface area contributed by atoms with Gasteiger partial charge in [0.15, 0.2) is 11.5 Å². The van der Waals surface area contributed by atoms with Crippen molar-refractivity contribution in [3.63, 3.8) is 0 Å². The molecular formula is C20H26N8OS. The largest absolute Gasteiger partial charge is 0.373 e. The number of hydrogen-bond acceptors (Lipinski definition) is 8. The highest BCUT2D eigenvalue weighted by Gasteiger charge is 2.18. The fourth-order valence-corrected chi connectivity index (χ4v) is 4.48. The van der Waals surface area contributed by atoms with Crippen LogP contribution in [0.1, 0.15) is 22.4 Å². The summed E-state index contributed by atoms with van der Waals surface area (Å²) in [6.07, 6.45) is 7.58. The summed E-state index contributed by atoms with van der Waals surface area (Å²) in [5, 5.41) is 19.0. The molecule has 158 valence electrons. The first kappa shape index (κ1) is 20.5. The molecule has 0 saturated carbocycles. The highest BCUT2D eigenvalue weighted by molar-refractivity contribution is 7.16. The maximum atomic E-state index is 10.4. The van der Waals surface area contributed by atoms with Crippen molar-refractivity contribution in [3.8, 4) is 11.3 Å². The molecule has 0 spiro atoms. The van der Waals surface area contributed by atoms with Crippen LogP contribution in [0.25, 0.3) is 16.9 Å². The minimum atomic E-state index is -0.647. The van der Waals surface area contributed by atoms with Crippen LogP contribution < -0.4 is 11.1 Å². The number of aryl methyl sites for hydroxylation is 2. The van der Waals surface area contributed by atoms with Crippen LogP contribution in [0.5, 0.6) is 0 Å². The van der Waals surface area contributed by atoms with Crippen LogP contribution in [0, 0.1) is 6.92 Å². The van der Waals surface area contributed by atoms with Gasteiger partial charge >= 0.3 is 0 Å². The van der Waals surface area contributed by atoms with E-state index < -0.39 is 6.23 Å². The quantitative estimate of drug-likeness (QED) is 0.389. The van der Waals surface area contributed by atoms with Gasteiger partial charge in [-0.05, 0) is 39.2 Å². The normalized spacial score (nSPS) is 12.8. The summed E-state index contributed by atoms with van der Waals surface area (Å²) in [5.74, 6) is 0.656. The number of nitrogens with one attached hydrogen (secondary N) is 1. The van der Waals surface area contributed by atoms with E-state index in [1.54, 1.807) is 9.58 Å². The smallest absolute Gasteiger partial charge is 0.180 e. The maximum absolute atomic E-state index is 10.4. The number of aliphatic hydroxyl groups excluding tert-OH is 1. The van der Waals surface area contributed by atoms with Crippen molar-refractivity contribution in [2.45, 2.75) is 19.6 Å². The first-order chi connectivity index (χ1) is 14.4. The van der Waals surface area contributed by atoms with Crippen LogP contribution in [0.4, 0.5) is 10.8 Å². The highest BCUT2D eigenvalue weighted by atomic mass is 32.1. The van der Waals surface area contributed by atoms with Crippen LogP contribution in [0.3, 0.4) is 0 Å². The zero-order valence-electron chi connectivity index (χ0n) is 17.5. The van der Waals surface area contributed by atoms with E-state index in [-0.39, 0.29) is 0 Å². The Labute approximate surface area is 178 Å². The summed E-state index contributed by atoms with van der Waals surface area (Å²) in [5.41, 5.74) is 10.3. The Hall–Kier alpha value is -2.79. The molecule has 0 aliphatic heterocycles. The minimum absolute atomic E-state index is 0.506. The summed E-state index contributed by atoms with van der Waals surface area (Å²) in [7, 11) is 5.59. The number of hydrogen-bond donors (Lipinski definition) is 3. The van der Waals surface area contributed by atoms with Gasteiger partial charge in [-0.15, -0.1) is 11.3 Å². The number of nitrogens with two attached hydrogens (primary N) is 1. The van der Waals surface area contributed by atoms with Gasteiger partial charge in [-0.1, -0.05) is 0 Å². The van der Waals surface area contributed by atoms with E-state index in [1.165, 1.54) is 11.3 Å². The molecule has 0 amide bonds. The molecule has 10 heteroatoms. The predicted molar refractivity (Wildman–Crippen MR) is 119 cm³/mol. The molecule has 0 aliphatic carbocycles. The Morgan fingerprint density at radius 3 is 2.77 bits per heavy atom. The van der Waals surface area contributed by atoms with E-state index in [9.17, 15) is 5.11 Å². The molecule has 1 unspecified atom stereocenters. The number of aromatic nitrogens is 5. The number of thiophene rings is 1. The van der Waals surface area contributed by atoms with Crippen LogP contribution >= 0.6 is 11.3 Å². The fraction of sp³-hybridized carbons (Fsp3) is 0.350. The number of imidazole rings is 1. The Balaban J connectivity index is 1.77. The molecule has 30 heavy (non-hydrogen) atoms. The predicted octanol–water partition coefficient (Wildman–Crippen LogP) is 2.30. The van der Waals surface area contributed by atoms with Crippen molar-refractivity contribution >= 4 is 27.8 Å². The van der Waals surface area contributed by atoms with Gasteiger partial charge in [-0.3, -0.25) is 14.0 Å². The lowest BCUT2D eigenvalue weighted by atomic mass is 10.2. The minimum Gasteiger partial charge on any atom is -0.373 e. The van der Waals surface area contributed by atoms with Gasteiger partial charge in [0.1, 0.15) is 6.23 Å². The van der Waals surface area contributed by atoms with E-state index in [2.05, 4.69) is 15.4 Å². The Morgan fingerprint density at radius 1 is 1.30 bits per heavy atom. The first-order valence-corrected chi connectivity index (χ1v) is 10.5. The van der Waals surface area contributed by atoms with E-state index in [0.717, 1.165) is 38.0 Å². The lowest BCUT2D eigenvalue weighted by molar-refractivity contribution is 0.0422. The van der Waals surface area contributed by atoms with Gasteiger partial charge in [0.2, 0.25) is 0 Å². The molecular weight excluding hydrogens is 400 g/mol. The zero-order valence-corrected chi connectivity index (χ0v) is 18.3. The van der Waals surface area contributed by atoms with Crippen LogP contribution in [0.15, 0.2) is 30.9 Å². The monoisotopic (exact) mass is 426 g/mol. The SMILES string of the molecule is Cc1cc(Nc2nc(CCN)cn3c(-c4cnn(C)c4)cnc23)sc1C(O)N(C)C. The summed E-state index contributed by atoms with van der Waals surface area (Å²) in [4.78, 5) is 12.0. The number of rotatable bonds is 7. The van der Waals surface area contributed by atoms with Gasteiger partial charge < -0.3 is 16.2 Å². The molecule has 0 bridgehead atoms. The molecule has 4 rings (SSSR count). The standard InChI is InChI=1S/C20H26N8OS/c1-12-7-16(30-17(12)20(29)26(2)3)25-18-19-22-9-15(13-8-23-27(4)10-13)28(19)11-14(24-18)5-6-21/h7-11,20,29H,5-6,21H2,1-4H3,(H,24,25). The Kier molecular flexibility index (Phi) is 5.56. The fourth-order valence-electron chi connectivity index (χ4n) is 3.32. The average molecular weight is 427 g/mol. The second-order valence-electron chi connectivity index (χ2n) is 7.48. The summed E-state index contributed by atoms with van der Waals surface area (Å²) in [6.45, 7) is 2.50. The third kappa shape index (κ3) is 3.82. The van der Waals surface area contributed by atoms with Crippen LogP contribution in [-0.4, -0.2) is 54.8 Å². The molecule has 4 N–H and O–H groups in total. The van der Waals surface area contributed by atoms with E-state index in [1.807, 2.05) is 63.3 Å². The van der Waals surface area contributed by atoms with Gasteiger partial charge in [-0.2, -0.15) is 5.10 Å². The molecule has 0 radical (unpaired) electrons. The van der Waals surface area contributed by atoms with E-state index >= 15 is 0 Å². The summed E-state index contributed by atoms with van der Waals surface area (Å²) < 4.78 is 3.79. The van der Waals surface area contributed by atoms with E-state index in [0.29, 0.717) is 18.8 Å². The van der Waals surface area contributed by atoms with Crippen molar-refractivity contribution in [3.05, 3.63) is 47.0 Å². The van der Waals surface area contributed by atoms with Gasteiger partial charge in [-0.25, -0.2) is 9.97 Å². The Bertz CT molecular complexity index is 1180. The second kappa shape index (κ2) is 8.15. The summed E-state index contributed by atoms with van der Waals surface area (Å²) in [6, 6.07) is 2.02. The maximum Gasteiger partial charge on any atom is 0.180 e. The number of anilines is 2. The molecule has 0 aliphatic rings. The molecule has 4 aromatic rings. The number of nitrogens with zero attached hydrogens (tertiary/aromatic N) is 6. The molecule has 0 saturated heterocycles. The molecule has 9 nitrogen and oxygen atoms in total. The molecule has 0 aromatic carbocycles. The van der Waals surface area contributed by atoms with Crippen LogP contribution in [-0.2, 0) is 13.5 Å².